The number of hydrogen-bond acceptors (Lipinski definition) is 1. The molecule has 2 rings (SSSR count). The maximum absolute atomic E-state index is 13.2. The van der Waals surface area contributed by atoms with Crippen molar-refractivity contribution in [3.05, 3.63) is 63.3 Å². The van der Waals surface area contributed by atoms with Crippen LogP contribution in [0.1, 0.15) is 10.4 Å². The van der Waals surface area contributed by atoms with Gasteiger partial charge in [0.2, 0.25) is 0 Å². The molecule has 1 N–H and O–H groups in total. The normalized spacial score (nSPS) is 10.2. The van der Waals surface area contributed by atoms with Crippen molar-refractivity contribution in [2.45, 2.75) is 0 Å². The molecule has 0 aromatic heterocycles. The van der Waals surface area contributed by atoms with Gasteiger partial charge in [0.05, 0.1) is 16.3 Å². The third kappa shape index (κ3) is 2.71. The monoisotopic (exact) mass is 327 g/mol. The summed E-state index contributed by atoms with van der Waals surface area (Å²) < 4.78 is 14.0. The zero-order chi connectivity index (χ0) is 13.1. The molecule has 0 aliphatic heterocycles. The average Bonchev–Trinajstić information content (AvgIpc) is 2.35. The molecule has 0 fully saturated rings. The first kappa shape index (κ1) is 13.1. The predicted molar refractivity (Wildman–Crippen MR) is 73.5 cm³/mol. The fourth-order valence-electron chi connectivity index (χ4n) is 1.43. The molecule has 0 heterocycles. The molecule has 0 unspecified atom stereocenters. The van der Waals surface area contributed by atoms with E-state index in [0.29, 0.717) is 5.69 Å². The van der Waals surface area contributed by atoms with Crippen LogP contribution in [-0.2, 0) is 0 Å². The zero-order valence-electron chi connectivity index (χ0n) is 9.08. The Bertz CT molecular complexity index is 603. The van der Waals surface area contributed by atoms with E-state index in [0.717, 1.165) is 4.47 Å². The molecule has 1 amide bonds. The number of halogens is 3. The smallest absolute Gasteiger partial charge is 0.257 e. The summed E-state index contributed by atoms with van der Waals surface area (Å²) in [6.45, 7) is 0. The molecule has 0 saturated carbocycles. The van der Waals surface area contributed by atoms with Gasteiger partial charge in [-0.2, -0.15) is 0 Å². The quantitative estimate of drug-likeness (QED) is 0.864. The van der Waals surface area contributed by atoms with E-state index in [9.17, 15) is 9.18 Å². The Hall–Kier alpha value is -1.39. The van der Waals surface area contributed by atoms with Crippen LogP contribution in [0.15, 0.2) is 46.9 Å². The second kappa shape index (κ2) is 5.50. The maximum Gasteiger partial charge on any atom is 0.257 e. The van der Waals surface area contributed by atoms with Gasteiger partial charge in [0.15, 0.2) is 0 Å². The van der Waals surface area contributed by atoms with Gasteiger partial charge in [-0.3, -0.25) is 4.79 Å². The first-order chi connectivity index (χ1) is 8.59. The Balaban J connectivity index is 2.28. The lowest BCUT2D eigenvalue weighted by Gasteiger charge is -2.08. The second-order valence-electron chi connectivity index (χ2n) is 3.54. The highest BCUT2D eigenvalue weighted by Crippen LogP contribution is 2.24. The first-order valence-electron chi connectivity index (χ1n) is 5.09. The minimum absolute atomic E-state index is 0.104. The lowest BCUT2D eigenvalue weighted by atomic mass is 10.2. The number of carbonyl (C=O) groups is 1. The number of rotatable bonds is 2. The Morgan fingerprint density at radius 3 is 2.61 bits per heavy atom. The van der Waals surface area contributed by atoms with E-state index in [1.165, 1.54) is 18.2 Å². The molecular formula is C13H8BrClFNO. The number of hydrogen-bond donors (Lipinski definition) is 1. The van der Waals surface area contributed by atoms with Crippen LogP contribution in [0.3, 0.4) is 0 Å². The summed E-state index contributed by atoms with van der Waals surface area (Å²) in [4.78, 5) is 12.0. The Morgan fingerprint density at radius 2 is 1.89 bits per heavy atom. The van der Waals surface area contributed by atoms with E-state index in [-0.39, 0.29) is 10.6 Å². The molecule has 0 spiro atoms. The minimum Gasteiger partial charge on any atom is -0.321 e. The van der Waals surface area contributed by atoms with Crippen LogP contribution in [-0.4, -0.2) is 5.91 Å². The van der Waals surface area contributed by atoms with Crippen molar-refractivity contribution in [3.63, 3.8) is 0 Å². The molecule has 92 valence electrons. The van der Waals surface area contributed by atoms with Crippen LogP contribution in [0.5, 0.6) is 0 Å². The van der Waals surface area contributed by atoms with Crippen LogP contribution in [0, 0.1) is 5.82 Å². The first-order valence-corrected chi connectivity index (χ1v) is 6.26. The van der Waals surface area contributed by atoms with E-state index < -0.39 is 11.7 Å². The highest BCUT2D eigenvalue weighted by atomic mass is 79.9. The van der Waals surface area contributed by atoms with Crippen LogP contribution >= 0.6 is 27.5 Å². The lowest BCUT2D eigenvalue weighted by molar-refractivity contribution is 0.102. The summed E-state index contributed by atoms with van der Waals surface area (Å²) in [7, 11) is 0. The number of nitrogens with one attached hydrogen (secondary N) is 1. The predicted octanol–water partition coefficient (Wildman–Crippen LogP) is 4.49. The Labute approximate surface area is 117 Å². The number of para-hydroxylation sites is 1. The van der Waals surface area contributed by atoms with Gasteiger partial charge in [0.1, 0.15) is 5.82 Å². The van der Waals surface area contributed by atoms with E-state index in [1.807, 2.05) is 6.07 Å². The van der Waals surface area contributed by atoms with Gasteiger partial charge >= 0.3 is 0 Å². The molecule has 5 heteroatoms. The van der Waals surface area contributed by atoms with Gasteiger partial charge < -0.3 is 5.32 Å². The number of carbonyl (C=O) groups excluding carboxylic acids is 1. The Morgan fingerprint density at radius 1 is 1.17 bits per heavy atom. The molecule has 2 aromatic rings. The van der Waals surface area contributed by atoms with Crippen molar-refractivity contribution >= 4 is 39.1 Å². The van der Waals surface area contributed by atoms with Crippen molar-refractivity contribution in [1.29, 1.82) is 0 Å². The fraction of sp³-hybridized carbons (Fsp3) is 0. The van der Waals surface area contributed by atoms with Gasteiger partial charge in [-0.15, -0.1) is 0 Å². The lowest BCUT2D eigenvalue weighted by Crippen LogP contribution is -2.13. The van der Waals surface area contributed by atoms with Crippen molar-refractivity contribution in [2.75, 3.05) is 5.32 Å². The van der Waals surface area contributed by atoms with Gasteiger partial charge in [0, 0.05) is 4.47 Å². The van der Waals surface area contributed by atoms with E-state index in [4.69, 9.17) is 11.6 Å². The van der Waals surface area contributed by atoms with Crippen LogP contribution in [0.25, 0.3) is 0 Å². The summed E-state index contributed by atoms with van der Waals surface area (Å²) in [5.41, 5.74) is 0.704. The number of benzene rings is 2. The zero-order valence-corrected chi connectivity index (χ0v) is 11.4. The highest BCUT2D eigenvalue weighted by Gasteiger charge is 2.14. The van der Waals surface area contributed by atoms with Crippen molar-refractivity contribution < 1.29 is 9.18 Å². The molecule has 18 heavy (non-hydrogen) atoms. The van der Waals surface area contributed by atoms with E-state index in [2.05, 4.69) is 21.2 Å². The highest BCUT2D eigenvalue weighted by molar-refractivity contribution is 9.10. The summed E-state index contributed by atoms with van der Waals surface area (Å²) in [6.07, 6.45) is 0. The summed E-state index contributed by atoms with van der Waals surface area (Å²) >= 11 is 9.06. The van der Waals surface area contributed by atoms with Gasteiger partial charge in [-0.05, 0) is 40.2 Å². The molecule has 0 bridgehead atoms. The van der Waals surface area contributed by atoms with Crippen molar-refractivity contribution in [2.24, 2.45) is 0 Å². The maximum atomic E-state index is 13.2. The van der Waals surface area contributed by atoms with E-state index in [1.54, 1.807) is 18.2 Å². The largest absolute Gasteiger partial charge is 0.321 e. The summed E-state index contributed by atoms with van der Waals surface area (Å²) in [5.74, 6) is -1.07. The molecule has 0 aliphatic carbocycles. The molecule has 2 nitrogen and oxygen atoms in total. The topological polar surface area (TPSA) is 29.1 Å². The van der Waals surface area contributed by atoms with Crippen LogP contribution in [0.4, 0.5) is 10.1 Å². The van der Waals surface area contributed by atoms with Gasteiger partial charge in [-0.25, -0.2) is 4.39 Å². The minimum atomic E-state index is -0.614. The van der Waals surface area contributed by atoms with Crippen LogP contribution < -0.4 is 5.32 Å². The van der Waals surface area contributed by atoms with E-state index >= 15 is 0 Å². The fourth-order valence-corrected chi connectivity index (χ4v) is 2.03. The molecular weight excluding hydrogens is 321 g/mol. The summed E-state index contributed by atoms with van der Waals surface area (Å²) in [6, 6.07) is 11.3. The van der Waals surface area contributed by atoms with Crippen molar-refractivity contribution in [1.82, 2.24) is 0 Å². The summed E-state index contributed by atoms with van der Waals surface area (Å²) in [5, 5.41) is 2.48. The number of amides is 1. The van der Waals surface area contributed by atoms with Crippen molar-refractivity contribution in [3.8, 4) is 0 Å². The van der Waals surface area contributed by atoms with Crippen LogP contribution in [0.2, 0.25) is 5.02 Å². The molecule has 2 aromatic carbocycles. The molecule has 0 radical (unpaired) electrons. The Kier molecular flexibility index (Phi) is 3.99. The molecule has 0 atom stereocenters. The molecule has 0 saturated heterocycles. The molecule has 0 aliphatic rings. The number of anilines is 1. The van der Waals surface area contributed by atoms with Gasteiger partial charge in [0.25, 0.3) is 5.91 Å². The third-order valence-electron chi connectivity index (χ3n) is 2.32. The average molecular weight is 329 g/mol. The third-order valence-corrected chi connectivity index (χ3v) is 3.39. The standard InChI is InChI=1S/C13H8BrClFNO/c14-9-5-1-2-7-11(9)17-13(18)8-4-3-6-10(16)12(8)15/h1-7H,(H,17,18). The second-order valence-corrected chi connectivity index (χ2v) is 4.77. The van der Waals surface area contributed by atoms with Gasteiger partial charge in [-0.1, -0.05) is 29.8 Å². The SMILES string of the molecule is O=C(Nc1ccccc1Br)c1cccc(F)c1Cl.